The lowest BCUT2D eigenvalue weighted by Crippen LogP contribution is -2.38. The number of carbonyl (C=O) groups excluding carboxylic acids is 3. The van der Waals surface area contributed by atoms with E-state index in [9.17, 15) is 14.4 Å². The second-order valence-electron chi connectivity index (χ2n) is 13.4. The van der Waals surface area contributed by atoms with E-state index in [4.69, 9.17) is 27.9 Å². The van der Waals surface area contributed by atoms with Crippen molar-refractivity contribution in [1.82, 2.24) is 44.8 Å². The van der Waals surface area contributed by atoms with Crippen molar-refractivity contribution in [3.05, 3.63) is 93.1 Å². The van der Waals surface area contributed by atoms with Crippen molar-refractivity contribution >= 4 is 46.6 Å². The Bertz CT molecular complexity index is 2270. The molecule has 0 unspecified atom stereocenters. The van der Waals surface area contributed by atoms with Gasteiger partial charge in [-0.15, -0.1) is 0 Å². The number of nitrogens with zero attached hydrogens (tertiary/aromatic N) is 7. The van der Waals surface area contributed by atoms with Gasteiger partial charge in [0.05, 0.1) is 40.8 Å². The number of anilines is 1. The summed E-state index contributed by atoms with van der Waals surface area (Å²) < 4.78 is 9.08. The van der Waals surface area contributed by atoms with E-state index >= 15 is 0 Å². The number of benzene rings is 2. The Balaban J connectivity index is 1.06. The average Bonchev–Trinajstić information content (AvgIpc) is 3.83. The van der Waals surface area contributed by atoms with E-state index in [1.807, 2.05) is 31.2 Å². The molecule has 7 rings (SSSR count). The monoisotopic (exact) mass is 770 g/mol. The second-order valence-corrected chi connectivity index (χ2v) is 14.2. The van der Waals surface area contributed by atoms with Gasteiger partial charge in [0, 0.05) is 79.7 Å². The summed E-state index contributed by atoms with van der Waals surface area (Å²) in [5, 5.41) is 14.3. The number of amides is 3. The number of halogens is 2. The van der Waals surface area contributed by atoms with Gasteiger partial charge in [-0.05, 0) is 38.5 Å². The molecule has 0 bridgehead atoms. The molecule has 1 fully saturated rings. The Kier molecular flexibility index (Phi) is 10.7. The number of hydrogen-bond acceptors (Lipinski definition) is 9. The molecule has 14 nitrogen and oxygen atoms in total. The van der Waals surface area contributed by atoms with E-state index in [1.165, 1.54) is 0 Å². The Labute approximate surface area is 322 Å². The minimum Gasteiger partial charge on any atom is -0.496 e. The molecular weight excluding hydrogens is 731 g/mol. The van der Waals surface area contributed by atoms with Crippen molar-refractivity contribution in [2.75, 3.05) is 25.5 Å². The molecule has 2 aliphatic heterocycles. The topological polar surface area (TPSA) is 161 Å². The lowest BCUT2D eigenvalue weighted by atomic mass is 10.0. The van der Waals surface area contributed by atoms with E-state index in [1.54, 1.807) is 59.6 Å². The number of rotatable bonds is 11. The average molecular weight is 772 g/mol. The zero-order valence-corrected chi connectivity index (χ0v) is 31.9. The lowest BCUT2D eigenvalue weighted by Gasteiger charge is -2.26. The molecule has 2 aliphatic rings. The van der Waals surface area contributed by atoms with Gasteiger partial charge in [-0.25, -0.2) is 14.6 Å². The van der Waals surface area contributed by atoms with E-state index in [2.05, 4.69) is 36.0 Å². The number of hydrogen-bond donors (Lipinski definition) is 3. The predicted octanol–water partition coefficient (Wildman–Crippen LogP) is 4.88. The molecule has 5 aromatic rings. The Morgan fingerprint density at radius 1 is 1.06 bits per heavy atom. The first-order valence-corrected chi connectivity index (χ1v) is 18.4. The molecule has 1 atom stereocenters. The van der Waals surface area contributed by atoms with Crippen LogP contribution in [0, 0.1) is 13.8 Å². The highest BCUT2D eigenvalue weighted by molar-refractivity contribution is 6.39. The van der Waals surface area contributed by atoms with Crippen LogP contribution in [0.3, 0.4) is 0 Å². The van der Waals surface area contributed by atoms with Crippen LogP contribution < -0.4 is 20.7 Å². The number of nitrogens with one attached hydrogen (secondary N) is 3. The number of aromatic nitrogens is 6. The molecule has 0 saturated carbocycles. The van der Waals surface area contributed by atoms with Crippen molar-refractivity contribution in [3.8, 4) is 28.1 Å². The Morgan fingerprint density at radius 3 is 2.61 bits per heavy atom. The Morgan fingerprint density at radius 2 is 1.87 bits per heavy atom. The first kappa shape index (κ1) is 37.0. The first-order valence-electron chi connectivity index (χ1n) is 17.6. The van der Waals surface area contributed by atoms with E-state index in [0.717, 1.165) is 23.2 Å². The largest absolute Gasteiger partial charge is 0.496 e. The highest BCUT2D eigenvalue weighted by Crippen LogP contribution is 2.41. The van der Waals surface area contributed by atoms with Gasteiger partial charge in [0.1, 0.15) is 23.9 Å². The molecule has 3 aromatic heterocycles. The van der Waals surface area contributed by atoms with Crippen LogP contribution in [-0.2, 0) is 42.7 Å². The van der Waals surface area contributed by atoms with Gasteiger partial charge in [-0.1, -0.05) is 47.5 Å². The fraction of sp³-hybridized carbons (Fsp3) is 0.342. The maximum absolute atomic E-state index is 13.7. The summed E-state index contributed by atoms with van der Waals surface area (Å²) in [6.07, 6.45) is 3.60. The molecule has 3 amide bonds. The molecule has 0 radical (unpaired) electrons. The molecule has 5 heterocycles. The SMILES string of the molecule is COc1cc(-c2nccc(-c3cccc(NC(=O)c4nc5c(n4C)CCN(C(=O)Cn4nc(C)nc4C)C5)c3Cl)c2Cl)ccc1CNC[C@H]1CCC(=O)N1. The molecular formula is C38H40Cl2N10O4. The fourth-order valence-electron chi connectivity index (χ4n) is 7.00. The number of ether oxygens (including phenoxy) is 1. The zero-order chi connectivity index (χ0) is 38.1. The summed E-state index contributed by atoms with van der Waals surface area (Å²) >= 11 is 14.0. The maximum atomic E-state index is 13.7. The van der Waals surface area contributed by atoms with Crippen LogP contribution in [0.4, 0.5) is 5.69 Å². The summed E-state index contributed by atoms with van der Waals surface area (Å²) in [4.78, 5) is 53.6. The second kappa shape index (κ2) is 15.6. The number of pyridine rings is 1. The summed E-state index contributed by atoms with van der Waals surface area (Å²) in [6, 6.07) is 13.0. The number of methoxy groups -OCH3 is 1. The summed E-state index contributed by atoms with van der Waals surface area (Å²) in [6.45, 7) is 5.71. The van der Waals surface area contributed by atoms with Gasteiger partial charge < -0.3 is 30.2 Å². The number of carbonyl (C=O) groups is 3. The molecule has 3 N–H and O–H groups in total. The van der Waals surface area contributed by atoms with Crippen LogP contribution in [0.25, 0.3) is 22.4 Å². The third-order valence-electron chi connectivity index (χ3n) is 9.84. The fourth-order valence-corrected chi connectivity index (χ4v) is 7.60. The van der Waals surface area contributed by atoms with Gasteiger partial charge in [-0.3, -0.25) is 19.4 Å². The van der Waals surface area contributed by atoms with Crippen molar-refractivity contribution in [1.29, 1.82) is 0 Å². The lowest BCUT2D eigenvalue weighted by molar-refractivity contribution is -0.133. The molecule has 54 heavy (non-hydrogen) atoms. The maximum Gasteiger partial charge on any atom is 0.291 e. The van der Waals surface area contributed by atoms with Gasteiger partial charge >= 0.3 is 0 Å². The smallest absolute Gasteiger partial charge is 0.291 e. The van der Waals surface area contributed by atoms with Crippen molar-refractivity contribution in [2.45, 2.75) is 58.8 Å². The molecule has 0 spiro atoms. The van der Waals surface area contributed by atoms with Crippen LogP contribution in [0.2, 0.25) is 10.0 Å². The number of aryl methyl sites for hydroxylation is 2. The standard InChI is InChI=1S/C38H40Cl2N10O4/c1-21-43-22(2)50(47-21)20-33(52)49-15-13-30-29(19-49)45-37(48(30)3)38(53)46-28-7-5-6-26(34(28)39)27-12-14-42-36(35(27)40)23-8-9-24(31(16-23)54-4)17-41-18-25-10-11-32(51)44-25/h5-9,12,14,16,25,41H,10-11,13,15,17-20H2,1-4H3,(H,44,51)(H,46,53)/t25-/m1/s1. The molecule has 2 aromatic carbocycles. The minimum atomic E-state index is -0.436. The van der Waals surface area contributed by atoms with E-state index < -0.39 is 5.91 Å². The van der Waals surface area contributed by atoms with Crippen molar-refractivity contribution in [2.24, 2.45) is 7.05 Å². The summed E-state index contributed by atoms with van der Waals surface area (Å²) in [5.41, 5.74) is 5.47. The quantitative estimate of drug-likeness (QED) is 0.170. The van der Waals surface area contributed by atoms with Crippen molar-refractivity contribution < 1.29 is 19.1 Å². The molecule has 280 valence electrons. The van der Waals surface area contributed by atoms with Crippen molar-refractivity contribution in [3.63, 3.8) is 0 Å². The van der Waals surface area contributed by atoms with Crippen LogP contribution in [-0.4, -0.2) is 78.2 Å². The number of fused-ring (bicyclic) bond motifs is 1. The highest BCUT2D eigenvalue weighted by Gasteiger charge is 2.29. The first-order chi connectivity index (χ1) is 26.0. The third kappa shape index (κ3) is 7.54. The van der Waals surface area contributed by atoms with Gasteiger partial charge in [-0.2, -0.15) is 5.10 Å². The van der Waals surface area contributed by atoms with Gasteiger partial charge in [0.15, 0.2) is 5.82 Å². The number of imidazole rings is 1. The van der Waals surface area contributed by atoms with Gasteiger partial charge in [0.25, 0.3) is 5.91 Å². The summed E-state index contributed by atoms with van der Waals surface area (Å²) in [7, 11) is 3.41. The third-order valence-corrected chi connectivity index (χ3v) is 10.6. The zero-order valence-electron chi connectivity index (χ0n) is 30.4. The molecule has 1 saturated heterocycles. The van der Waals surface area contributed by atoms with Crippen LogP contribution in [0.15, 0.2) is 48.7 Å². The van der Waals surface area contributed by atoms with E-state index in [0.29, 0.717) is 88.1 Å². The highest BCUT2D eigenvalue weighted by atomic mass is 35.5. The van der Waals surface area contributed by atoms with E-state index in [-0.39, 0.29) is 36.8 Å². The van der Waals surface area contributed by atoms with Crippen LogP contribution in [0.1, 0.15) is 52.1 Å². The van der Waals surface area contributed by atoms with Crippen LogP contribution >= 0.6 is 23.2 Å². The van der Waals surface area contributed by atoms with Crippen LogP contribution in [0.5, 0.6) is 5.75 Å². The van der Waals surface area contributed by atoms with Gasteiger partial charge in [0.2, 0.25) is 11.8 Å². The molecule has 16 heteroatoms. The minimum absolute atomic E-state index is 0.0856. The Hall–Kier alpha value is -5.31. The predicted molar refractivity (Wildman–Crippen MR) is 204 cm³/mol. The molecule has 0 aliphatic carbocycles. The summed E-state index contributed by atoms with van der Waals surface area (Å²) in [5.74, 6) is 1.73. The normalized spacial score (nSPS) is 15.3.